The molecule has 0 radical (unpaired) electrons. The first-order valence-corrected chi connectivity index (χ1v) is 5.49. The first kappa shape index (κ1) is 14.2. The number of hydrogen-bond donors (Lipinski definition) is 3. The van der Waals surface area contributed by atoms with Crippen molar-refractivity contribution < 1.29 is 19.3 Å². The number of aliphatic hydroxyl groups excluding tert-OH is 2. The SMILES string of the molecule is [N-]=[N+]=N[C@H]1C(O)[C@@H](n2cc(F)c(=O)[nH]c2=O)O[C@H]1CO. The van der Waals surface area contributed by atoms with Crippen LogP contribution in [0.15, 0.2) is 20.9 Å². The Morgan fingerprint density at radius 1 is 1.60 bits per heavy atom. The molecule has 108 valence electrons. The van der Waals surface area contributed by atoms with E-state index in [0.717, 1.165) is 0 Å². The monoisotopic (exact) mass is 287 g/mol. The van der Waals surface area contributed by atoms with Crippen molar-refractivity contribution in [2.45, 2.75) is 24.5 Å². The summed E-state index contributed by atoms with van der Waals surface area (Å²) in [5.74, 6) is -1.24. The lowest BCUT2D eigenvalue weighted by Crippen LogP contribution is -2.38. The molecule has 1 aliphatic heterocycles. The Kier molecular flexibility index (Phi) is 3.86. The van der Waals surface area contributed by atoms with Gasteiger partial charge in [0.05, 0.1) is 24.9 Å². The molecule has 0 amide bonds. The Bertz CT molecular complexity index is 665. The number of aliphatic hydroxyl groups is 2. The Balaban J connectivity index is 2.44. The third kappa shape index (κ3) is 2.30. The number of aromatic amines is 1. The molecule has 1 fully saturated rings. The zero-order valence-electron chi connectivity index (χ0n) is 9.88. The van der Waals surface area contributed by atoms with Gasteiger partial charge in [-0.1, -0.05) is 5.11 Å². The van der Waals surface area contributed by atoms with E-state index in [9.17, 15) is 19.1 Å². The van der Waals surface area contributed by atoms with Crippen LogP contribution in [0.25, 0.3) is 10.4 Å². The van der Waals surface area contributed by atoms with Gasteiger partial charge in [0, 0.05) is 4.91 Å². The summed E-state index contributed by atoms with van der Waals surface area (Å²) in [7, 11) is 0. The van der Waals surface area contributed by atoms with E-state index in [1.807, 2.05) is 0 Å². The molecule has 0 bridgehead atoms. The predicted octanol–water partition coefficient (Wildman–Crippen LogP) is -1.39. The molecule has 11 heteroatoms. The van der Waals surface area contributed by atoms with E-state index in [1.165, 1.54) is 0 Å². The molecule has 2 rings (SSSR count). The average molecular weight is 287 g/mol. The molecule has 1 aromatic rings. The molecule has 20 heavy (non-hydrogen) atoms. The van der Waals surface area contributed by atoms with Crippen LogP contribution in [0.5, 0.6) is 0 Å². The molecular formula is C9H10FN5O5. The minimum Gasteiger partial charge on any atom is -0.394 e. The van der Waals surface area contributed by atoms with Gasteiger partial charge in [-0.3, -0.25) is 14.3 Å². The summed E-state index contributed by atoms with van der Waals surface area (Å²) < 4.78 is 19.0. The highest BCUT2D eigenvalue weighted by atomic mass is 19.1. The topological polar surface area (TPSA) is 153 Å². The highest BCUT2D eigenvalue weighted by Crippen LogP contribution is 2.30. The van der Waals surface area contributed by atoms with Gasteiger partial charge < -0.3 is 14.9 Å². The smallest absolute Gasteiger partial charge is 0.330 e. The van der Waals surface area contributed by atoms with Gasteiger partial charge in [0.25, 0.3) is 5.56 Å². The third-order valence-electron chi connectivity index (χ3n) is 2.90. The van der Waals surface area contributed by atoms with E-state index in [0.29, 0.717) is 10.8 Å². The number of aromatic nitrogens is 2. The lowest BCUT2D eigenvalue weighted by Gasteiger charge is -2.17. The van der Waals surface area contributed by atoms with E-state index in [-0.39, 0.29) is 0 Å². The van der Waals surface area contributed by atoms with Crippen LogP contribution < -0.4 is 11.2 Å². The molecule has 0 saturated carbocycles. The van der Waals surface area contributed by atoms with Crippen molar-refractivity contribution in [2.24, 2.45) is 5.11 Å². The standard InChI is InChI=1S/C9H10FN5O5/c10-3-1-15(9(19)12-7(3)18)8-6(17)5(13-14-11)4(2-16)20-8/h1,4-6,8,16-17H,2H2,(H,12,18,19)/t4-,5+,6?,8-/m0/s1. The number of azide groups is 1. The van der Waals surface area contributed by atoms with Gasteiger partial charge in [-0.2, -0.15) is 4.39 Å². The summed E-state index contributed by atoms with van der Waals surface area (Å²) in [5, 5.41) is 22.3. The Labute approximate surface area is 109 Å². The van der Waals surface area contributed by atoms with Crippen molar-refractivity contribution >= 4 is 0 Å². The molecule has 0 aromatic carbocycles. The first-order valence-electron chi connectivity index (χ1n) is 5.49. The van der Waals surface area contributed by atoms with Crippen molar-refractivity contribution in [3.8, 4) is 0 Å². The molecule has 1 saturated heterocycles. The molecule has 3 N–H and O–H groups in total. The fourth-order valence-corrected chi connectivity index (χ4v) is 1.96. The van der Waals surface area contributed by atoms with Crippen molar-refractivity contribution in [3.05, 3.63) is 43.3 Å². The van der Waals surface area contributed by atoms with Crippen molar-refractivity contribution in [1.29, 1.82) is 0 Å². The van der Waals surface area contributed by atoms with Gasteiger partial charge in [-0.25, -0.2) is 4.79 Å². The number of H-pyrrole nitrogens is 1. The molecule has 2 heterocycles. The van der Waals surface area contributed by atoms with Gasteiger partial charge in [0.2, 0.25) is 5.82 Å². The van der Waals surface area contributed by atoms with Crippen LogP contribution in [0.4, 0.5) is 4.39 Å². The van der Waals surface area contributed by atoms with Crippen LogP contribution in [0.2, 0.25) is 0 Å². The lowest BCUT2D eigenvalue weighted by molar-refractivity contribution is -0.0536. The Hall–Kier alpha value is -2.20. The summed E-state index contributed by atoms with van der Waals surface area (Å²) in [6, 6.07) is -1.14. The van der Waals surface area contributed by atoms with Crippen LogP contribution in [0.3, 0.4) is 0 Å². The molecule has 1 unspecified atom stereocenters. The van der Waals surface area contributed by atoms with E-state index >= 15 is 0 Å². The fraction of sp³-hybridized carbons (Fsp3) is 0.556. The summed E-state index contributed by atoms with van der Waals surface area (Å²) in [6.45, 7) is -0.572. The zero-order chi connectivity index (χ0) is 14.9. The quantitative estimate of drug-likeness (QED) is 0.354. The van der Waals surface area contributed by atoms with Crippen LogP contribution in [0, 0.1) is 5.82 Å². The second-order valence-electron chi connectivity index (χ2n) is 4.08. The second kappa shape index (κ2) is 5.43. The highest BCUT2D eigenvalue weighted by Gasteiger charge is 2.44. The minimum absolute atomic E-state index is 0.571. The van der Waals surface area contributed by atoms with E-state index < -0.39 is 48.2 Å². The maximum atomic E-state index is 13.2. The molecular weight excluding hydrogens is 277 g/mol. The number of halogens is 1. The van der Waals surface area contributed by atoms with Gasteiger partial charge in [-0.15, -0.1) is 0 Å². The van der Waals surface area contributed by atoms with Gasteiger partial charge in [0.1, 0.15) is 6.10 Å². The number of hydrogen-bond acceptors (Lipinski definition) is 6. The number of rotatable bonds is 3. The summed E-state index contributed by atoms with van der Waals surface area (Å²) in [6.07, 6.45) is -3.34. The van der Waals surface area contributed by atoms with E-state index in [2.05, 4.69) is 10.0 Å². The van der Waals surface area contributed by atoms with Crippen molar-refractivity contribution in [3.63, 3.8) is 0 Å². The summed E-state index contributed by atoms with van der Waals surface area (Å²) in [4.78, 5) is 26.7. The summed E-state index contributed by atoms with van der Waals surface area (Å²) >= 11 is 0. The maximum absolute atomic E-state index is 13.2. The number of nitrogens with zero attached hydrogens (tertiary/aromatic N) is 4. The molecule has 4 atom stereocenters. The van der Waals surface area contributed by atoms with Gasteiger partial charge in [0.15, 0.2) is 6.23 Å². The summed E-state index contributed by atoms with van der Waals surface area (Å²) in [5.41, 5.74) is 6.18. The van der Waals surface area contributed by atoms with Crippen LogP contribution in [-0.4, -0.2) is 44.6 Å². The minimum atomic E-state index is -1.48. The normalized spacial score (nSPS) is 29.1. The molecule has 1 aliphatic rings. The Morgan fingerprint density at radius 2 is 2.30 bits per heavy atom. The highest BCUT2D eigenvalue weighted by molar-refractivity contribution is 4.97. The zero-order valence-corrected chi connectivity index (χ0v) is 9.88. The molecule has 10 nitrogen and oxygen atoms in total. The molecule has 1 aromatic heterocycles. The largest absolute Gasteiger partial charge is 0.394 e. The molecule has 0 aliphatic carbocycles. The fourth-order valence-electron chi connectivity index (χ4n) is 1.96. The van der Waals surface area contributed by atoms with Crippen LogP contribution in [-0.2, 0) is 4.74 Å². The van der Waals surface area contributed by atoms with E-state index in [1.54, 1.807) is 4.98 Å². The Morgan fingerprint density at radius 3 is 2.90 bits per heavy atom. The third-order valence-corrected chi connectivity index (χ3v) is 2.90. The van der Waals surface area contributed by atoms with Crippen molar-refractivity contribution in [2.75, 3.05) is 6.61 Å². The van der Waals surface area contributed by atoms with E-state index in [4.69, 9.17) is 15.4 Å². The first-order chi connectivity index (χ1) is 9.49. The number of nitrogens with one attached hydrogen (secondary N) is 1. The van der Waals surface area contributed by atoms with Crippen LogP contribution in [0.1, 0.15) is 6.23 Å². The van der Waals surface area contributed by atoms with Crippen molar-refractivity contribution in [1.82, 2.24) is 9.55 Å². The molecule has 0 spiro atoms. The second-order valence-corrected chi connectivity index (χ2v) is 4.08. The van der Waals surface area contributed by atoms with Gasteiger partial charge >= 0.3 is 5.69 Å². The number of ether oxygens (including phenoxy) is 1. The van der Waals surface area contributed by atoms with Gasteiger partial charge in [-0.05, 0) is 5.53 Å². The predicted molar refractivity (Wildman–Crippen MR) is 61.2 cm³/mol. The maximum Gasteiger partial charge on any atom is 0.330 e. The average Bonchev–Trinajstić information content (AvgIpc) is 2.72. The van der Waals surface area contributed by atoms with Crippen LogP contribution >= 0.6 is 0 Å². The lowest BCUT2D eigenvalue weighted by atomic mass is 10.1.